The number of ether oxygens (including phenoxy) is 1. The predicted molar refractivity (Wildman–Crippen MR) is 71.9 cm³/mol. The molecular formula is C14H23NO4. The van der Waals surface area contributed by atoms with E-state index in [0.29, 0.717) is 6.42 Å². The lowest BCUT2D eigenvalue weighted by Gasteiger charge is -2.36. The Labute approximate surface area is 114 Å². The Balaban J connectivity index is 2.99. The van der Waals surface area contributed by atoms with Crippen molar-refractivity contribution in [2.45, 2.75) is 52.2 Å². The Hall–Kier alpha value is -1.52. The van der Waals surface area contributed by atoms with Crippen molar-refractivity contribution < 1.29 is 19.4 Å². The van der Waals surface area contributed by atoms with Crippen molar-refractivity contribution in [1.82, 2.24) is 4.90 Å². The molecule has 0 aliphatic carbocycles. The first-order valence-corrected chi connectivity index (χ1v) is 6.50. The maximum atomic E-state index is 12.2. The summed E-state index contributed by atoms with van der Waals surface area (Å²) in [7, 11) is 0. The number of carbonyl (C=O) groups excluding carboxylic acids is 1. The summed E-state index contributed by atoms with van der Waals surface area (Å²) in [6.07, 6.45) is 3.10. The van der Waals surface area contributed by atoms with E-state index in [2.05, 4.69) is 0 Å². The van der Waals surface area contributed by atoms with E-state index in [4.69, 9.17) is 4.74 Å². The largest absolute Gasteiger partial charge is 0.479 e. The fourth-order valence-electron chi connectivity index (χ4n) is 2.24. The number of rotatable bonds is 3. The van der Waals surface area contributed by atoms with E-state index in [0.717, 1.165) is 0 Å². The van der Waals surface area contributed by atoms with Crippen LogP contribution in [0, 0.1) is 5.92 Å². The van der Waals surface area contributed by atoms with Crippen molar-refractivity contribution in [3.63, 3.8) is 0 Å². The summed E-state index contributed by atoms with van der Waals surface area (Å²) in [6, 6.07) is 0. The van der Waals surface area contributed by atoms with Gasteiger partial charge in [0.2, 0.25) is 0 Å². The lowest BCUT2D eigenvalue weighted by atomic mass is 9.89. The van der Waals surface area contributed by atoms with Crippen LogP contribution in [0.1, 0.15) is 41.0 Å². The number of carboxylic acids is 1. The number of carboxylic acid groups (broad SMARTS) is 1. The molecule has 0 fully saturated rings. The summed E-state index contributed by atoms with van der Waals surface area (Å²) < 4.78 is 5.29. The van der Waals surface area contributed by atoms with Gasteiger partial charge in [0, 0.05) is 6.54 Å². The number of hydrogen-bond donors (Lipinski definition) is 1. The SMILES string of the molecule is CC(C)C[C@]1(C(=O)O)C=CCN1C(=O)OC(C)(C)C. The van der Waals surface area contributed by atoms with Gasteiger partial charge in [0.05, 0.1) is 0 Å². The second-order valence-electron chi connectivity index (χ2n) is 6.32. The van der Waals surface area contributed by atoms with Gasteiger partial charge < -0.3 is 9.84 Å². The van der Waals surface area contributed by atoms with Gasteiger partial charge in [0.15, 0.2) is 5.54 Å². The molecule has 1 atom stereocenters. The molecule has 0 aromatic heterocycles. The average molecular weight is 269 g/mol. The van der Waals surface area contributed by atoms with Crippen LogP contribution in [0.4, 0.5) is 4.79 Å². The van der Waals surface area contributed by atoms with Gasteiger partial charge >= 0.3 is 12.1 Å². The quantitative estimate of drug-likeness (QED) is 0.800. The third-order valence-electron chi connectivity index (χ3n) is 2.87. The molecule has 1 amide bonds. The van der Waals surface area contributed by atoms with Gasteiger partial charge in [-0.05, 0) is 39.2 Å². The minimum Gasteiger partial charge on any atom is -0.479 e. The second kappa shape index (κ2) is 5.23. The summed E-state index contributed by atoms with van der Waals surface area (Å²) in [6.45, 7) is 9.43. The van der Waals surface area contributed by atoms with Crippen molar-refractivity contribution in [2.75, 3.05) is 6.54 Å². The van der Waals surface area contributed by atoms with Gasteiger partial charge in [-0.3, -0.25) is 4.90 Å². The minimum absolute atomic E-state index is 0.156. The average Bonchev–Trinajstić information content (AvgIpc) is 2.58. The zero-order chi connectivity index (χ0) is 14.8. The minimum atomic E-state index is -1.28. The third-order valence-corrected chi connectivity index (χ3v) is 2.87. The molecule has 1 aliphatic rings. The van der Waals surface area contributed by atoms with Gasteiger partial charge in [-0.2, -0.15) is 0 Å². The molecule has 0 aromatic rings. The molecule has 0 saturated carbocycles. The molecule has 0 aromatic carbocycles. The lowest BCUT2D eigenvalue weighted by Crippen LogP contribution is -2.55. The van der Waals surface area contributed by atoms with Crippen molar-refractivity contribution >= 4 is 12.1 Å². The molecule has 1 rings (SSSR count). The highest BCUT2D eigenvalue weighted by Crippen LogP contribution is 2.32. The molecule has 5 heteroatoms. The third kappa shape index (κ3) is 3.49. The maximum absolute atomic E-state index is 12.2. The van der Waals surface area contributed by atoms with E-state index in [9.17, 15) is 14.7 Å². The zero-order valence-electron chi connectivity index (χ0n) is 12.3. The Kier molecular flexibility index (Phi) is 4.28. The van der Waals surface area contributed by atoms with Crippen LogP contribution < -0.4 is 0 Å². The Morgan fingerprint density at radius 1 is 1.42 bits per heavy atom. The molecule has 1 aliphatic heterocycles. The molecule has 108 valence electrons. The maximum Gasteiger partial charge on any atom is 0.411 e. The Morgan fingerprint density at radius 3 is 2.42 bits per heavy atom. The Morgan fingerprint density at radius 2 is 2.00 bits per heavy atom. The normalized spacial score (nSPS) is 22.9. The fraction of sp³-hybridized carbons (Fsp3) is 0.714. The van der Waals surface area contributed by atoms with E-state index in [1.165, 1.54) is 4.90 Å². The molecule has 0 bridgehead atoms. The first kappa shape index (κ1) is 15.5. The summed E-state index contributed by atoms with van der Waals surface area (Å²) in [5.41, 5.74) is -1.92. The van der Waals surface area contributed by atoms with E-state index >= 15 is 0 Å². The van der Waals surface area contributed by atoms with E-state index in [-0.39, 0.29) is 12.5 Å². The zero-order valence-corrected chi connectivity index (χ0v) is 12.3. The smallest absolute Gasteiger partial charge is 0.411 e. The fourth-order valence-corrected chi connectivity index (χ4v) is 2.24. The standard InChI is InChI=1S/C14H23NO4/c1-10(2)9-14(11(16)17)7-6-8-15(14)12(18)19-13(3,4)5/h6-7,10H,8-9H2,1-5H3,(H,16,17)/t14-/m0/s1. The highest BCUT2D eigenvalue weighted by atomic mass is 16.6. The first-order chi connectivity index (χ1) is 8.58. The molecule has 1 heterocycles. The van der Waals surface area contributed by atoms with Crippen LogP contribution in [0.5, 0.6) is 0 Å². The number of amides is 1. The van der Waals surface area contributed by atoms with Crippen molar-refractivity contribution in [2.24, 2.45) is 5.92 Å². The summed E-state index contributed by atoms with van der Waals surface area (Å²) in [4.78, 5) is 25.1. The topological polar surface area (TPSA) is 66.8 Å². The van der Waals surface area contributed by atoms with Crippen molar-refractivity contribution in [1.29, 1.82) is 0 Å². The van der Waals surface area contributed by atoms with Crippen molar-refractivity contribution in [3.05, 3.63) is 12.2 Å². The van der Waals surface area contributed by atoms with Crippen LogP contribution >= 0.6 is 0 Å². The Bertz CT molecular complexity index is 395. The number of nitrogens with zero attached hydrogens (tertiary/aromatic N) is 1. The molecule has 0 saturated heterocycles. The van der Waals surface area contributed by atoms with E-state index < -0.39 is 23.2 Å². The number of hydrogen-bond acceptors (Lipinski definition) is 3. The van der Waals surface area contributed by atoms with Crippen LogP contribution in [-0.4, -0.2) is 39.8 Å². The predicted octanol–water partition coefficient (Wildman–Crippen LogP) is 2.66. The van der Waals surface area contributed by atoms with Crippen LogP contribution in [-0.2, 0) is 9.53 Å². The first-order valence-electron chi connectivity index (χ1n) is 6.50. The summed E-state index contributed by atoms with van der Waals surface area (Å²) in [5.74, 6) is -0.857. The van der Waals surface area contributed by atoms with Gasteiger partial charge in [-0.25, -0.2) is 9.59 Å². The molecule has 0 unspecified atom stereocenters. The van der Waals surface area contributed by atoms with Crippen molar-refractivity contribution in [3.8, 4) is 0 Å². The lowest BCUT2D eigenvalue weighted by molar-refractivity contribution is -0.148. The van der Waals surface area contributed by atoms with Crippen LogP contribution in [0.25, 0.3) is 0 Å². The van der Waals surface area contributed by atoms with Gasteiger partial charge in [0.1, 0.15) is 5.60 Å². The van der Waals surface area contributed by atoms with Crippen LogP contribution in [0.15, 0.2) is 12.2 Å². The van der Waals surface area contributed by atoms with Crippen LogP contribution in [0.3, 0.4) is 0 Å². The highest BCUT2D eigenvalue weighted by Gasteiger charge is 2.48. The van der Waals surface area contributed by atoms with E-state index in [1.807, 2.05) is 13.8 Å². The van der Waals surface area contributed by atoms with E-state index in [1.54, 1.807) is 32.9 Å². The molecule has 0 spiro atoms. The number of aliphatic carboxylic acids is 1. The molecule has 19 heavy (non-hydrogen) atoms. The molecular weight excluding hydrogens is 246 g/mol. The molecule has 1 N–H and O–H groups in total. The monoisotopic (exact) mass is 269 g/mol. The number of carbonyl (C=O) groups is 2. The van der Waals surface area contributed by atoms with Gasteiger partial charge in [0.25, 0.3) is 0 Å². The molecule has 0 radical (unpaired) electrons. The molecule has 5 nitrogen and oxygen atoms in total. The van der Waals surface area contributed by atoms with Crippen LogP contribution in [0.2, 0.25) is 0 Å². The van der Waals surface area contributed by atoms with Gasteiger partial charge in [-0.15, -0.1) is 0 Å². The second-order valence-corrected chi connectivity index (χ2v) is 6.32. The van der Waals surface area contributed by atoms with Gasteiger partial charge in [-0.1, -0.05) is 19.9 Å². The summed E-state index contributed by atoms with van der Waals surface area (Å²) in [5, 5.41) is 9.53. The summed E-state index contributed by atoms with van der Waals surface area (Å²) >= 11 is 0. The highest BCUT2D eigenvalue weighted by molar-refractivity contribution is 5.88.